The first kappa shape index (κ1) is 15.0. The first-order valence-electron chi connectivity index (χ1n) is 6.08. The monoisotopic (exact) mass is 264 g/mol. The van der Waals surface area contributed by atoms with Gasteiger partial charge in [0, 0.05) is 5.54 Å². The summed E-state index contributed by atoms with van der Waals surface area (Å²) in [6.07, 6.45) is 0. The number of para-hydroxylation sites is 1. The van der Waals surface area contributed by atoms with Crippen LogP contribution in [0.15, 0.2) is 18.2 Å². The Labute approximate surface area is 113 Å². The van der Waals surface area contributed by atoms with Crippen LogP contribution in [0.1, 0.15) is 36.7 Å². The van der Waals surface area contributed by atoms with E-state index in [9.17, 15) is 14.7 Å². The third-order valence-corrected chi connectivity index (χ3v) is 2.41. The molecule has 0 saturated carbocycles. The lowest BCUT2D eigenvalue weighted by Crippen LogP contribution is -2.45. The summed E-state index contributed by atoms with van der Waals surface area (Å²) in [4.78, 5) is 23.4. The zero-order valence-corrected chi connectivity index (χ0v) is 11.7. The molecule has 5 nitrogen and oxygen atoms in total. The third-order valence-electron chi connectivity index (χ3n) is 2.41. The second kappa shape index (κ2) is 5.73. The molecule has 0 unspecified atom stereocenters. The lowest BCUT2D eigenvalue weighted by molar-refractivity contribution is -0.121. The summed E-state index contributed by atoms with van der Waals surface area (Å²) in [5.74, 6) is -0.797. The number of rotatable bonds is 3. The van der Waals surface area contributed by atoms with E-state index in [1.807, 2.05) is 20.8 Å². The van der Waals surface area contributed by atoms with E-state index in [-0.39, 0.29) is 29.3 Å². The smallest absolute Gasteiger partial charge is 0.255 e. The minimum absolute atomic E-state index is 0.0590. The van der Waals surface area contributed by atoms with E-state index >= 15 is 0 Å². The van der Waals surface area contributed by atoms with Crippen LogP contribution in [0.3, 0.4) is 0 Å². The summed E-state index contributed by atoms with van der Waals surface area (Å²) in [6.45, 7) is 7.17. The van der Waals surface area contributed by atoms with Crippen molar-refractivity contribution in [2.75, 3.05) is 6.54 Å². The van der Waals surface area contributed by atoms with Gasteiger partial charge in [-0.15, -0.1) is 0 Å². The highest BCUT2D eigenvalue weighted by molar-refractivity contribution is 5.99. The molecule has 0 aliphatic heterocycles. The van der Waals surface area contributed by atoms with Crippen molar-refractivity contribution in [1.29, 1.82) is 0 Å². The van der Waals surface area contributed by atoms with Crippen LogP contribution in [0.2, 0.25) is 0 Å². The van der Waals surface area contributed by atoms with Crippen LogP contribution in [0.5, 0.6) is 5.75 Å². The summed E-state index contributed by atoms with van der Waals surface area (Å²) in [5.41, 5.74) is 0.447. The summed E-state index contributed by atoms with van der Waals surface area (Å²) in [5, 5.41) is 15.0. The highest BCUT2D eigenvalue weighted by Gasteiger charge is 2.16. The van der Waals surface area contributed by atoms with E-state index in [0.717, 1.165) is 0 Å². The van der Waals surface area contributed by atoms with Crippen LogP contribution in [0.4, 0.5) is 0 Å². The lowest BCUT2D eigenvalue weighted by Gasteiger charge is -2.20. The number of amides is 2. The van der Waals surface area contributed by atoms with Crippen LogP contribution < -0.4 is 10.6 Å². The Morgan fingerprint density at radius 3 is 2.47 bits per heavy atom. The Hall–Kier alpha value is -2.04. The van der Waals surface area contributed by atoms with Crippen molar-refractivity contribution in [1.82, 2.24) is 10.6 Å². The molecule has 0 atom stereocenters. The zero-order valence-electron chi connectivity index (χ0n) is 11.7. The third kappa shape index (κ3) is 4.62. The summed E-state index contributed by atoms with van der Waals surface area (Å²) < 4.78 is 0. The van der Waals surface area contributed by atoms with Gasteiger partial charge in [0.25, 0.3) is 5.91 Å². The quantitative estimate of drug-likeness (QED) is 0.771. The van der Waals surface area contributed by atoms with Crippen molar-refractivity contribution < 1.29 is 14.7 Å². The fraction of sp³-hybridized carbons (Fsp3) is 0.429. The number of nitrogens with one attached hydrogen (secondary N) is 2. The van der Waals surface area contributed by atoms with Crippen LogP contribution in [-0.2, 0) is 4.79 Å². The van der Waals surface area contributed by atoms with E-state index in [2.05, 4.69) is 10.6 Å². The number of carbonyl (C=O) groups is 2. The molecule has 0 aliphatic rings. The molecule has 5 heteroatoms. The van der Waals surface area contributed by atoms with Crippen molar-refractivity contribution in [3.8, 4) is 5.75 Å². The van der Waals surface area contributed by atoms with Crippen molar-refractivity contribution in [2.45, 2.75) is 33.2 Å². The molecule has 0 aliphatic carbocycles. The van der Waals surface area contributed by atoms with Crippen molar-refractivity contribution in [2.24, 2.45) is 0 Å². The van der Waals surface area contributed by atoms with Crippen molar-refractivity contribution >= 4 is 11.8 Å². The standard InChI is InChI=1S/C14H20N2O3/c1-9-6-5-7-10(12(9)18)13(19)15-8-11(17)16-14(2,3)4/h5-7,18H,8H2,1-4H3,(H,15,19)(H,16,17). The van der Waals surface area contributed by atoms with Gasteiger partial charge in [-0.25, -0.2) is 0 Å². The van der Waals surface area contributed by atoms with Gasteiger partial charge in [0.1, 0.15) is 5.75 Å². The molecule has 0 aromatic heterocycles. The van der Waals surface area contributed by atoms with Gasteiger partial charge >= 0.3 is 0 Å². The van der Waals surface area contributed by atoms with Gasteiger partial charge in [0.05, 0.1) is 12.1 Å². The Morgan fingerprint density at radius 1 is 1.26 bits per heavy atom. The molecule has 0 saturated heterocycles. The van der Waals surface area contributed by atoms with Crippen LogP contribution in [0, 0.1) is 6.92 Å². The van der Waals surface area contributed by atoms with Crippen LogP contribution >= 0.6 is 0 Å². The molecule has 2 amide bonds. The molecular weight excluding hydrogens is 244 g/mol. The summed E-state index contributed by atoms with van der Waals surface area (Å²) in [7, 11) is 0. The zero-order chi connectivity index (χ0) is 14.6. The molecule has 19 heavy (non-hydrogen) atoms. The summed E-state index contributed by atoms with van der Waals surface area (Å²) >= 11 is 0. The number of benzene rings is 1. The molecule has 0 bridgehead atoms. The van der Waals surface area contributed by atoms with Gasteiger partial charge in [-0.1, -0.05) is 12.1 Å². The Kier molecular flexibility index (Phi) is 4.53. The molecule has 3 N–H and O–H groups in total. The fourth-order valence-electron chi connectivity index (χ4n) is 1.56. The van der Waals surface area contributed by atoms with Crippen LogP contribution in [0.25, 0.3) is 0 Å². The van der Waals surface area contributed by atoms with Crippen LogP contribution in [-0.4, -0.2) is 29.0 Å². The highest BCUT2D eigenvalue weighted by Crippen LogP contribution is 2.20. The largest absolute Gasteiger partial charge is 0.507 e. The SMILES string of the molecule is Cc1cccc(C(=O)NCC(=O)NC(C)(C)C)c1O. The van der Waals surface area contributed by atoms with Crippen molar-refractivity contribution in [3.63, 3.8) is 0 Å². The normalized spacial score (nSPS) is 10.9. The first-order chi connectivity index (χ1) is 8.70. The minimum Gasteiger partial charge on any atom is -0.507 e. The van der Waals surface area contributed by atoms with Gasteiger partial charge in [0.15, 0.2) is 0 Å². The Balaban J connectivity index is 2.61. The Bertz CT molecular complexity index is 490. The molecule has 0 heterocycles. The topological polar surface area (TPSA) is 78.4 Å². The van der Waals surface area contributed by atoms with Gasteiger partial charge < -0.3 is 15.7 Å². The van der Waals surface area contributed by atoms with Gasteiger partial charge in [-0.2, -0.15) is 0 Å². The van der Waals surface area contributed by atoms with Gasteiger partial charge in [0.2, 0.25) is 5.91 Å². The molecule has 0 fully saturated rings. The number of carbonyl (C=O) groups excluding carboxylic acids is 2. The van der Waals surface area contributed by atoms with E-state index < -0.39 is 5.91 Å². The average Bonchev–Trinajstić information content (AvgIpc) is 2.27. The second-order valence-electron chi connectivity index (χ2n) is 5.45. The second-order valence-corrected chi connectivity index (χ2v) is 5.45. The van der Waals surface area contributed by atoms with Crippen molar-refractivity contribution in [3.05, 3.63) is 29.3 Å². The van der Waals surface area contributed by atoms with Gasteiger partial charge in [-0.3, -0.25) is 9.59 Å². The maximum atomic E-state index is 11.8. The Morgan fingerprint density at radius 2 is 1.89 bits per heavy atom. The predicted molar refractivity (Wildman–Crippen MR) is 73.1 cm³/mol. The van der Waals surface area contributed by atoms with Gasteiger partial charge in [-0.05, 0) is 39.3 Å². The van der Waals surface area contributed by atoms with E-state index in [4.69, 9.17) is 0 Å². The average molecular weight is 264 g/mol. The number of aryl methyl sites for hydroxylation is 1. The number of hydrogen-bond acceptors (Lipinski definition) is 3. The fourth-order valence-corrected chi connectivity index (χ4v) is 1.56. The molecule has 104 valence electrons. The molecule has 0 spiro atoms. The maximum Gasteiger partial charge on any atom is 0.255 e. The van der Waals surface area contributed by atoms with E-state index in [1.54, 1.807) is 19.1 Å². The van der Waals surface area contributed by atoms with E-state index in [1.165, 1.54) is 6.07 Å². The highest BCUT2D eigenvalue weighted by atomic mass is 16.3. The molecular formula is C14H20N2O3. The number of aromatic hydroxyl groups is 1. The predicted octanol–water partition coefficient (Wildman–Crippen LogP) is 1.35. The molecule has 0 radical (unpaired) electrons. The minimum atomic E-state index is -0.467. The summed E-state index contributed by atoms with van der Waals surface area (Å²) in [6, 6.07) is 4.90. The number of hydrogen-bond donors (Lipinski definition) is 3. The molecule has 1 rings (SSSR count). The molecule has 1 aromatic carbocycles. The number of phenols is 1. The first-order valence-corrected chi connectivity index (χ1v) is 6.08. The molecule has 1 aromatic rings. The number of phenolic OH excluding ortho intramolecular Hbond substituents is 1. The van der Waals surface area contributed by atoms with E-state index in [0.29, 0.717) is 5.56 Å². The lowest BCUT2D eigenvalue weighted by atomic mass is 10.1. The maximum absolute atomic E-state index is 11.8.